The van der Waals surface area contributed by atoms with Gasteiger partial charge in [-0.1, -0.05) is 82.3 Å². The van der Waals surface area contributed by atoms with Crippen LogP contribution in [0.15, 0.2) is 15.8 Å². The van der Waals surface area contributed by atoms with Crippen molar-refractivity contribution in [3.05, 3.63) is 15.8 Å². The lowest BCUT2D eigenvalue weighted by atomic mass is 9.90. The van der Waals surface area contributed by atoms with Crippen molar-refractivity contribution in [2.75, 3.05) is 0 Å². The first-order chi connectivity index (χ1) is 9.79. The van der Waals surface area contributed by atoms with Crippen LogP contribution in [0, 0.1) is 0 Å². The molecule has 0 aromatic rings. The van der Waals surface area contributed by atoms with Crippen molar-refractivity contribution in [1.29, 1.82) is 0 Å². The van der Waals surface area contributed by atoms with E-state index < -0.39 is 11.2 Å². The quantitative estimate of drug-likeness (QED) is 0.517. The third kappa shape index (κ3) is 6.34. The molecule has 124 valence electrons. The summed E-state index contributed by atoms with van der Waals surface area (Å²) in [5.41, 5.74) is 0.679. The fourth-order valence-corrected chi connectivity index (χ4v) is 3.29. The Bertz CT molecular complexity index is 327. The molecule has 0 aromatic heterocycles. The van der Waals surface area contributed by atoms with E-state index in [2.05, 4.69) is 5.73 Å². The van der Waals surface area contributed by atoms with Gasteiger partial charge in [0.25, 0.3) is 0 Å². The normalized spacial score (nSPS) is 12.2. The lowest BCUT2D eigenvalue weighted by molar-refractivity contribution is 0.0623. The fourth-order valence-electron chi connectivity index (χ4n) is 2.67. The number of hydrogen-bond donors (Lipinski definition) is 2. The topological polar surface area (TPSA) is 40.5 Å². The fraction of sp³-hybridized carbons (Fsp3) is 0.824. The average molecular weight is 337 g/mol. The van der Waals surface area contributed by atoms with Crippen LogP contribution in [-0.2, 0) is 0 Å². The van der Waals surface area contributed by atoms with Crippen LogP contribution < -0.4 is 0 Å². The summed E-state index contributed by atoms with van der Waals surface area (Å²) in [6.45, 7) is 8.00. The third-order valence-electron chi connectivity index (χ3n) is 3.69. The van der Waals surface area contributed by atoms with E-state index in [1.54, 1.807) is 0 Å². The van der Waals surface area contributed by atoms with Crippen LogP contribution in [0.5, 0.6) is 0 Å². The molecule has 0 aliphatic rings. The third-order valence-corrected chi connectivity index (χ3v) is 4.58. The van der Waals surface area contributed by atoms with Gasteiger partial charge >= 0.3 is 0 Å². The van der Waals surface area contributed by atoms with E-state index in [1.807, 2.05) is 27.7 Å². The van der Waals surface area contributed by atoms with Crippen molar-refractivity contribution in [2.45, 2.75) is 90.3 Å². The van der Waals surface area contributed by atoms with Gasteiger partial charge in [-0.2, -0.15) is 0 Å². The molecule has 0 aromatic carbocycles. The van der Waals surface area contributed by atoms with Gasteiger partial charge in [0.1, 0.15) is 11.2 Å². The molecule has 0 spiro atoms. The second-order valence-electron chi connectivity index (χ2n) is 5.82. The zero-order chi connectivity index (χ0) is 16.5. The van der Waals surface area contributed by atoms with E-state index in [0.717, 1.165) is 25.7 Å². The van der Waals surface area contributed by atoms with Crippen LogP contribution in [0.3, 0.4) is 0 Å². The molecule has 2 N–H and O–H groups in total. The standard InChI is InChI=1S/C17H30Cl2O2/c1-5-9-16(20,10-6-2)14(18)13-15(19)17(21,11-7-3)12-8-4/h20-21H,5-12H2,1-4H3. The molecule has 0 unspecified atom stereocenters. The summed E-state index contributed by atoms with van der Waals surface area (Å²) in [5.74, 6) is 0. The summed E-state index contributed by atoms with van der Waals surface area (Å²) in [4.78, 5) is 0. The smallest absolute Gasteiger partial charge is 0.107 e. The molecular formula is C17H30Cl2O2. The molecule has 0 saturated heterocycles. The Labute approximate surface area is 139 Å². The van der Waals surface area contributed by atoms with E-state index in [9.17, 15) is 10.2 Å². The summed E-state index contributed by atoms with van der Waals surface area (Å²) in [6, 6.07) is 0. The van der Waals surface area contributed by atoms with Crippen molar-refractivity contribution >= 4 is 23.2 Å². The van der Waals surface area contributed by atoms with E-state index in [-0.39, 0.29) is 10.1 Å². The van der Waals surface area contributed by atoms with Gasteiger partial charge in [0.05, 0.1) is 10.1 Å². The molecular weight excluding hydrogens is 307 g/mol. The van der Waals surface area contributed by atoms with Gasteiger partial charge < -0.3 is 10.2 Å². The lowest BCUT2D eigenvalue weighted by Crippen LogP contribution is -2.30. The Kier molecular flexibility index (Phi) is 9.93. The molecule has 4 heteroatoms. The van der Waals surface area contributed by atoms with Crippen LogP contribution >= 0.6 is 23.2 Å². The molecule has 0 bridgehead atoms. The van der Waals surface area contributed by atoms with Crippen LogP contribution in [0.2, 0.25) is 0 Å². The minimum atomic E-state index is -1.09. The molecule has 0 saturated carbocycles. The van der Waals surface area contributed by atoms with E-state index >= 15 is 0 Å². The minimum absolute atomic E-state index is 0.210. The summed E-state index contributed by atoms with van der Waals surface area (Å²) in [5, 5.41) is 21.8. The van der Waals surface area contributed by atoms with Crippen molar-refractivity contribution in [2.24, 2.45) is 0 Å². The summed E-state index contributed by atoms with van der Waals surface area (Å²) in [6.07, 6.45) is 5.54. The molecule has 0 aliphatic carbocycles. The highest BCUT2D eigenvalue weighted by Gasteiger charge is 2.32. The Morgan fingerprint density at radius 3 is 1.14 bits per heavy atom. The maximum Gasteiger partial charge on any atom is 0.107 e. The van der Waals surface area contributed by atoms with Gasteiger partial charge in [-0.05, 0) is 25.7 Å². The Balaban J connectivity index is 5.62. The minimum Gasteiger partial charge on any atom is -0.384 e. The van der Waals surface area contributed by atoms with Gasteiger partial charge in [0.15, 0.2) is 0 Å². The second-order valence-corrected chi connectivity index (χ2v) is 6.57. The predicted molar refractivity (Wildman–Crippen MR) is 91.8 cm³/mol. The largest absolute Gasteiger partial charge is 0.384 e. The molecule has 0 fully saturated rings. The summed E-state index contributed by atoms with van der Waals surface area (Å²) < 4.78 is 0. The van der Waals surface area contributed by atoms with E-state index in [0.29, 0.717) is 25.7 Å². The highest BCUT2D eigenvalue weighted by molar-refractivity contribution is 6.33. The Morgan fingerprint density at radius 1 is 0.714 bits per heavy atom. The molecule has 0 aliphatic heterocycles. The zero-order valence-electron chi connectivity index (χ0n) is 13.8. The first-order valence-corrected chi connectivity index (χ1v) is 8.82. The molecule has 21 heavy (non-hydrogen) atoms. The van der Waals surface area contributed by atoms with E-state index in [4.69, 9.17) is 23.2 Å². The average Bonchev–Trinajstić information content (AvgIpc) is 2.39. The number of aliphatic hydroxyl groups is 2. The zero-order valence-corrected chi connectivity index (χ0v) is 15.3. The van der Waals surface area contributed by atoms with Crippen LogP contribution in [0.25, 0.3) is 0 Å². The molecule has 0 atom stereocenters. The molecule has 2 nitrogen and oxygen atoms in total. The maximum atomic E-state index is 10.7. The first kappa shape index (κ1) is 21.0. The Morgan fingerprint density at radius 2 is 0.952 bits per heavy atom. The maximum absolute atomic E-state index is 10.7. The van der Waals surface area contributed by atoms with Gasteiger partial charge in [0.2, 0.25) is 0 Å². The van der Waals surface area contributed by atoms with E-state index in [1.165, 1.54) is 0 Å². The molecule has 0 rings (SSSR count). The van der Waals surface area contributed by atoms with Crippen molar-refractivity contribution < 1.29 is 10.2 Å². The van der Waals surface area contributed by atoms with Crippen molar-refractivity contribution in [3.63, 3.8) is 0 Å². The second kappa shape index (κ2) is 9.92. The van der Waals surface area contributed by atoms with Crippen molar-refractivity contribution in [3.8, 4) is 0 Å². The highest BCUT2D eigenvalue weighted by atomic mass is 35.5. The summed E-state index contributed by atoms with van der Waals surface area (Å²) in [7, 11) is 0. The molecule has 0 radical (unpaired) electrons. The van der Waals surface area contributed by atoms with Crippen LogP contribution in [0.4, 0.5) is 0 Å². The van der Waals surface area contributed by atoms with Gasteiger partial charge in [-0.15, -0.1) is 0 Å². The number of halogens is 2. The molecule has 0 heterocycles. The molecule has 0 amide bonds. The van der Waals surface area contributed by atoms with Gasteiger partial charge in [-0.25, -0.2) is 0 Å². The number of rotatable bonds is 10. The lowest BCUT2D eigenvalue weighted by Gasteiger charge is -2.28. The number of hydrogen-bond acceptors (Lipinski definition) is 2. The monoisotopic (exact) mass is 336 g/mol. The Hall–Kier alpha value is 0.0200. The first-order valence-electron chi connectivity index (χ1n) is 8.07. The summed E-state index contributed by atoms with van der Waals surface area (Å²) >= 11 is 12.6. The van der Waals surface area contributed by atoms with Crippen LogP contribution in [-0.4, -0.2) is 21.4 Å². The van der Waals surface area contributed by atoms with Crippen LogP contribution in [0.1, 0.15) is 79.1 Å². The SMILES string of the molecule is CCCC(O)(CCC)C(Cl)=C=C(Cl)C(O)(CCC)CCC. The van der Waals surface area contributed by atoms with Gasteiger partial charge in [-0.3, -0.25) is 0 Å². The highest BCUT2D eigenvalue weighted by Crippen LogP contribution is 2.34. The predicted octanol–water partition coefficient (Wildman–Crippen LogP) is 5.49. The van der Waals surface area contributed by atoms with Gasteiger partial charge in [0, 0.05) is 0 Å². The van der Waals surface area contributed by atoms with Crippen molar-refractivity contribution in [1.82, 2.24) is 0 Å².